The first-order valence-corrected chi connectivity index (χ1v) is 11.6. The summed E-state index contributed by atoms with van der Waals surface area (Å²) in [5.41, 5.74) is 6.38. The van der Waals surface area contributed by atoms with Crippen molar-refractivity contribution in [1.82, 2.24) is 9.97 Å². The lowest BCUT2D eigenvalue weighted by atomic mass is 10.1. The smallest absolute Gasteiger partial charge is 0.255 e. The van der Waals surface area contributed by atoms with Crippen LogP contribution in [-0.2, 0) is 4.74 Å². The SMILES string of the molecule is Cc1cccc(-c2cnc(Nc3cccc(C(=O)Nc4ccc(N5CCOCC5)cc4)c3)nc2)c1. The van der Waals surface area contributed by atoms with E-state index in [-0.39, 0.29) is 5.91 Å². The molecule has 0 spiro atoms. The predicted octanol–water partition coefficient (Wildman–Crippen LogP) is 5.28. The number of nitrogens with one attached hydrogen (secondary N) is 2. The molecule has 2 heterocycles. The molecule has 35 heavy (non-hydrogen) atoms. The number of ether oxygens (including phenoxy) is 1. The maximum absolute atomic E-state index is 12.8. The Morgan fingerprint density at radius 3 is 2.34 bits per heavy atom. The summed E-state index contributed by atoms with van der Waals surface area (Å²) in [4.78, 5) is 24.0. The highest BCUT2D eigenvalue weighted by Gasteiger charge is 2.12. The van der Waals surface area contributed by atoms with Crippen molar-refractivity contribution in [2.45, 2.75) is 6.92 Å². The van der Waals surface area contributed by atoms with E-state index in [1.165, 1.54) is 5.56 Å². The second kappa shape index (κ2) is 10.4. The zero-order chi connectivity index (χ0) is 24.0. The summed E-state index contributed by atoms with van der Waals surface area (Å²) in [6, 6.07) is 23.4. The van der Waals surface area contributed by atoms with Gasteiger partial charge in [0.1, 0.15) is 0 Å². The number of hydrogen-bond acceptors (Lipinski definition) is 6. The van der Waals surface area contributed by atoms with Gasteiger partial charge in [0.05, 0.1) is 13.2 Å². The number of hydrogen-bond donors (Lipinski definition) is 2. The zero-order valence-corrected chi connectivity index (χ0v) is 19.6. The van der Waals surface area contributed by atoms with E-state index in [0.29, 0.717) is 11.5 Å². The number of anilines is 4. The van der Waals surface area contributed by atoms with Crippen molar-refractivity contribution in [3.05, 3.63) is 96.3 Å². The minimum Gasteiger partial charge on any atom is -0.378 e. The highest BCUT2D eigenvalue weighted by molar-refractivity contribution is 6.04. The molecule has 2 N–H and O–H groups in total. The molecule has 1 fully saturated rings. The number of benzene rings is 3. The van der Waals surface area contributed by atoms with Gasteiger partial charge >= 0.3 is 0 Å². The Morgan fingerprint density at radius 2 is 1.60 bits per heavy atom. The van der Waals surface area contributed by atoms with E-state index in [4.69, 9.17) is 4.74 Å². The lowest BCUT2D eigenvalue weighted by Crippen LogP contribution is -2.36. The molecule has 0 aliphatic carbocycles. The molecular formula is C28H27N5O2. The Bertz CT molecular complexity index is 1300. The van der Waals surface area contributed by atoms with Gasteiger partial charge in [-0.05, 0) is 55.0 Å². The first kappa shape index (κ1) is 22.6. The summed E-state index contributed by atoms with van der Waals surface area (Å²) < 4.78 is 5.41. The minimum atomic E-state index is -0.177. The predicted molar refractivity (Wildman–Crippen MR) is 139 cm³/mol. The van der Waals surface area contributed by atoms with E-state index in [0.717, 1.165) is 54.5 Å². The van der Waals surface area contributed by atoms with Gasteiger partial charge in [0.2, 0.25) is 5.95 Å². The molecule has 5 rings (SSSR count). The number of rotatable bonds is 6. The van der Waals surface area contributed by atoms with Crippen molar-refractivity contribution in [2.75, 3.05) is 41.8 Å². The summed E-state index contributed by atoms with van der Waals surface area (Å²) in [5.74, 6) is 0.293. The molecule has 7 heteroatoms. The molecule has 0 bridgehead atoms. The van der Waals surface area contributed by atoms with E-state index >= 15 is 0 Å². The fourth-order valence-electron chi connectivity index (χ4n) is 4.01. The van der Waals surface area contributed by atoms with E-state index in [9.17, 15) is 4.79 Å². The number of morpholine rings is 1. The fourth-order valence-corrected chi connectivity index (χ4v) is 4.01. The van der Waals surface area contributed by atoms with Gasteiger partial charge in [-0.1, -0.05) is 35.9 Å². The maximum Gasteiger partial charge on any atom is 0.255 e. The molecular weight excluding hydrogens is 438 g/mol. The molecule has 176 valence electrons. The van der Waals surface area contributed by atoms with Crippen LogP contribution in [-0.4, -0.2) is 42.2 Å². The van der Waals surface area contributed by atoms with Crippen molar-refractivity contribution in [2.24, 2.45) is 0 Å². The van der Waals surface area contributed by atoms with E-state index < -0.39 is 0 Å². The van der Waals surface area contributed by atoms with Crippen molar-refractivity contribution in [1.29, 1.82) is 0 Å². The monoisotopic (exact) mass is 465 g/mol. The van der Waals surface area contributed by atoms with Crippen LogP contribution in [0.1, 0.15) is 15.9 Å². The van der Waals surface area contributed by atoms with E-state index in [1.54, 1.807) is 24.5 Å². The van der Waals surface area contributed by atoms with Gasteiger partial charge in [-0.25, -0.2) is 9.97 Å². The van der Waals surface area contributed by atoms with Gasteiger partial charge in [-0.15, -0.1) is 0 Å². The van der Waals surface area contributed by atoms with Crippen LogP contribution in [0.5, 0.6) is 0 Å². The van der Waals surface area contributed by atoms with Crippen LogP contribution in [0.15, 0.2) is 85.2 Å². The quantitative estimate of drug-likeness (QED) is 0.403. The number of carbonyl (C=O) groups excluding carboxylic acids is 1. The average Bonchev–Trinajstić information content (AvgIpc) is 2.90. The number of nitrogens with zero attached hydrogens (tertiary/aromatic N) is 3. The van der Waals surface area contributed by atoms with Gasteiger partial charge < -0.3 is 20.3 Å². The van der Waals surface area contributed by atoms with Gasteiger partial charge in [-0.2, -0.15) is 0 Å². The average molecular weight is 466 g/mol. The molecule has 0 unspecified atom stereocenters. The lowest BCUT2D eigenvalue weighted by molar-refractivity contribution is 0.102. The number of carbonyl (C=O) groups is 1. The van der Waals surface area contributed by atoms with Gasteiger partial charge in [0.25, 0.3) is 5.91 Å². The summed E-state index contributed by atoms with van der Waals surface area (Å²) in [6.45, 7) is 5.30. The standard InChI is InChI=1S/C28H27N5O2/c1-20-4-2-5-21(16-20)23-18-29-28(30-19-23)32-25-7-3-6-22(17-25)27(34)31-24-8-10-26(11-9-24)33-12-14-35-15-13-33/h2-11,16-19H,12-15H2,1H3,(H,31,34)(H,29,30,32). The molecule has 1 saturated heterocycles. The molecule has 0 radical (unpaired) electrons. The van der Waals surface area contributed by atoms with E-state index in [2.05, 4.69) is 44.6 Å². The third-order valence-corrected chi connectivity index (χ3v) is 5.89. The highest BCUT2D eigenvalue weighted by atomic mass is 16.5. The first-order chi connectivity index (χ1) is 17.1. The van der Waals surface area contributed by atoms with Gasteiger partial charge in [0, 0.05) is 53.7 Å². The van der Waals surface area contributed by atoms with Crippen LogP contribution in [0.2, 0.25) is 0 Å². The van der Waals surface area contributed by atoms with Crippen molar-refractivity contribution in [3.63, 3.8) is 0 Å². The second-order valence-corrected chi connectivity index (χ2v) is 8.47. The van der Waals surface area contributed by atoms with Gasteiger partial charge in [0.15, 0.2) is 0 Å². The Hall–Kier alpha value is -4.23. The van der Waals surface area contributed by atoms with Crippen LogP contribution < -0.4 is 15.5 Å². The summed E-state index contributed by atoms with van der Waals surface area (Å²) in [6.07, 6.45) is 3.59. The molecule has 1 aliphatic rings. The molecule has 0 atom stereocenters. The molecule has 1 amide bonds. The Balaban J connectivity index is 1.22. The minimum absolute atomic E-state index is 0.177. The molecule has 1 aromatic heterocycles. The van der Waals surface area contributed by atoms with Crippen molar-refractivity contribution >= 4 is 28.9 Å². The highest BCUT2D eigenvalue weighted by Crippen LogP contribution is 2.22. The van der Waals surface area contributed by atoms with Gasteiger partial charge in [-0.3, -0.25) is 4.79 Å². The number of aromatic nitrogens is 2. The molecule has 4 aromatic rings. The molecule has 0 saturated carbocycles. The first-order valence-electron chi connectivity index (χ1n) is 11.6. The Morgan fingerprint density at radius 1 is 0.857 bits per heavy atom. The number of aryl methyl sites for hydroxylation is 1. The third-order valence-electron chi connectivity index (χ3n) is 5.89. The van der Waals surface area contributed by atoms with Crippen LogP contribution in [0.25, 0.3) is 11.1 Å². The summed E-state index contributed by atoms with van der Waals surface area (Å²) in [5, 5.41) is 6.15. The van der Waals surface area contributed by atoms with E-state index in [1.807, 2.05) is 48.5 Å². The third kappa shape index (κ3) is 5.65. The largest absolute Gasteiger partial charge is 0.378 e. The fraction of sp³-hybridized carbons (Fsp3) is 0.179. The summed E-state index contributed by atoms with van der Waals surface area (Å²) in [7, 11) is 0. The molecule has 7 nitrogen and oxygen atoms in total. The lowest BCUT2D eigenvalue weighted by Gasteiger charge is -2.28. The Labute approximate surface area is 204 Å². The van der Waals surface area contributed by atoms with Crippen molar-refractivity contribution < 1.29 is 9.53 Å². The Kier molecular flexibility index (Phi) is 6.68. The molecule has 1 aliphatic heterocycles. The van der Waals surface area contributed by atoms with Crippen LogP contribution >= 0.6 is 0 Å². The second-order valence-electron chi connectivity index (χ2n) is 8.47. The van der Waals surface area contributed by atoms with Crippen LogP contribution in [0, 0.1) is 6.92 Å². The maximum atomic E-state index is 12.8. The van der Waals surface area contributed by atoms with Crippen LogP contribution in [0.4, 0.5) is 23.0 Å². The summed E-state index contributed by atoms with van der Waals surface area (Å²) >= 11 is 0. The molecule has 3 aromatic carbocycles. The van der Waals surface area contributed by atoms with Crippen molar-refractivity contribution in [3.8, 4) is 11.1 Å². The number of amides is 1. The topological polar surface area (TPSA) is 79.4 Å². The van der Waals surface area contributed by atoms with Crippen LogP contribution in [0.3, 0.4) is 0 Å². The normalized spacial score (nSPS) is 13.3. The zero-order valence-electron chi connectivity index (χ0n) is 19.6.